The number of rotatable bonds is 6. The maximum Gasteiger partial charge on any atom is 0.244 e. The first-order valence-corrected chi connectivity index (χ1v) is 8.54. The molecule has 20 heavy (non-hydrogen) atoms. The van der Waals surface area contributed by atoms with Crippen LogP contribution in [-0.2, 0) is 16.6 Å². The van der Waals surface area contributed by atoms with Crippen LogP contribution in [0.15, 0.2) is 21.5 Å². The summed E-state index contributed by atoms with van der Waals surface area (Å²) in [6, 6.07) is 3.45. The van der Waals surface area contributed by atoms with Crippen molar-refractivity contribution in [3.05, 3.63) is 27.7 Å². The minimum absolute atomic E-state index is 0.0695. The van der Waals surface area contributed by atoms with Crippen molar-refractivity contribution in [1.82, 2.24) is 4.31 Å². The number of nitrogens with two attached hydrogens (primary N) is 1. The van der Waals surface area contributed by atoms with E-state index in [1.165, 1.54) is 4.31 Å². The van der Waals surface area contributed by atoms with Crippen molar-refractivity contribution in [2.24, 2.45) is 5.73 Å². The highest BCUT2D eigenvalue weighted by Gasteiger charge is 2.26. The molecule has 0 fully saturated rings. The lowest BCUT2D eigenvalue weighted by Gasteiger charge is -2.21. The second-order valence-electron chi connectivity index (χ2n) is 4.45. The third kappa shape index (κ3) is 3.61. The summed E-state index contributed by atoms with van der Waals surface area (Å²) in [7, 11) is -3.61. The molecule has 1 aromatic rings. The topological polar surface area (TPSA) is 63.4 Å². The number of halogens is 1. The maximum absolute atomic E-state index is 12.7. The Morgan fingerprint density at radius 3 is 2.60 bits per heavy atom. The molecule has 0 heterocycles. The third-order valence-corrected chi connectivity index (χ3v) is 5.75. The molecule has 0 atom stereocenters. The Morgan fingerprint density at radius 1 is 1.45 bits per heavy atom. The van der Waals surface area contributed by atoms with Gasteiger partial charge in [-0.05, 0) is 36.6 Å². The molecule has 0 unspecified atom stereocenters. The van der Waals surface area contributed by atoms with Crippen LogP contribution in [0.25, 0.3) is 0 Å². The summed E-state index contributed by atoms with van der Waals surface area (Å²) in [5, 5.41) is 0. The summed E-state index contributed by atoms with van der Waals surface area (Å²) in [5.41, 5.74) is 7.04. The predicted molar refractivity (Wildman–Crippen MR) is 84.7 cm³/mol. The Morgan fingerprint density at radius 2 is 2.10 bits per heavy atom. The fourth-order valence-corrected chi connectivity index (χ4v) is 4.25. The van der Waals surface area contributed by atoms with E-state index in [9.17, 15) is 8.42 Å². The van der Waals surface area contributed by atoms with E-state index in [-0.39, 0.29) is 18.0 Å². The summed E-state index contributed by atoms with van der Waals surface area (Å²) in [4.78, 5) is 0.260. The molecule has 0 aliphatic heterocycles. The van der Waals surface area contributed by atoms with Gasteiger partial charge < -0.3 is 5.73 Å². The molecule has 0 saturated carbocycles. The summed E-state index contributed by atoms with van der Waals surface area (Å²) in [6.07, 6.45) is 5.98. The lowest BCUT2D eigenvalue weighted by molar-refractivity contribution is 0.445. The molecule has 0 aromatic heterocycles. The first-order chi connectivity index (χ1) is 9.38. The summed E-state index contributed by atoms with van der Waals surface area (Å²) in [6.45, 7) is 4.43. The number of benzene rings is 1. The third-order valence-electron chi connectivity index (χ3n) is 2.95. The molecular weight excluding hydrogens is 340 g/mol. The number of hydrogen-bond donors (Lipinski definition) is 1. The minimum atomic E-state index is -3.61. The van der Waals surface area contributed by atoms with E-state index in [1.807, 2.05) is 13.0 Å². The van der Waals surface area contributed by atoms with Gasteiger partial charge in [-0.25, -0.2) is 8.42 Å². The predicted octanol–water partition coefficient (Wildman–Crippen LogP) is 2.25. The molecule has 0 saturated heterocycles. The molecule has 1 aromatic carbocycles. The Hall–Kier alpha value is -0.870. The van der Waals surface area contributed by atoms with Crippen molar-refractivity contribution < 1.29 is 8.42 Å². The highest BCUT2D eigenvalue weighted by molar-refractivity contribution is 9.10. The quantitative estimate of drug-likeness (QED) is 0.793. The normalized spacial score (nSPS) is 11.6. The first kappa shape index (κ1) is 17.2. The zero-order chi connectivity index (χ0) is 15.3. The Balaban J connectivity index is 3.40. The van der Waals surface area contributed by atoms with Crippen LogP contribution in [0.5, 0.6) is 0 Å². The van der Waals surface area contributed by atoms with Crippen LogP contribution in [-0.4, -0.2) is 25.8 Å². The van der Waals surface area contributed by atoms with Gasteiger partial charge in [0.05, 0.1) is 11.4 Å². The van der Waals surface area contributed by atoms with Crippen molar-refractivity contribution in [2.75, 3.05) is 13.1 Å². The van der Waals surface area contributed by atoms with Gasteiger partial charge in [0.25, 0.3) is 0 Å². The van der Waals surface area contributed by atoms with E-state index in [4.69, 9.17) is 12.2 Å². The summed E-state index contributed by atoms with van der Waals surface area (Å²) in [5.74, 6) is 2.40. The molecule has 6 heteroatoms. The van der Waals surface area contributed by atoms with Crippen molar-refractivity contribution in [2.45, 2.75) is 31.7 Å². The standard InChI is InChI=1S/C14H19BrN2O2S/c1-4-6-17(7-5-2)20(18,19)14-9-12(10-16)8-13(15)11(14)3/h1,8-9H,5-7,10,16H2,2-3H3. The molecule has 110 valence electrons. The highest BCUT2D eigenvalue weighted by Crippen LogP contribution is 2.28. The number of nitrogens with zero attached hydrogens (tertiary/aromatic N) is 1. The van der Waals surface area contributed by atoms with E-state index < -0.39 is 10.0 Å². The highest BCUT2D eigenvalue weighted by atomic mass is 79.9. The van der Waals surface area contributed by atoms with E-state index in [1.54, 1.807) is 13.0 Å². The average molecular weight is 359 g/mol. The van der Waals surface area contributed by atoms with Gasteiger partial charge in [0.1, 0.15) is 0 Å². The largest absolute Gasteiger partial charge is 0.326 e. The molecule has 1 rings (SSSR count). The fraction of sp³-hybridized carbons (Fsp3) is 0.429. The van der Waals surface area contributed by atoms with Crippen LogP contribution in [0.1, 0.15) is 24.5 Å². The van der Waals surface area contributed by atoms with Gasteiger partial charge in [-0.15, -0.1) is 6.42 Å². The molecule has 0 amide bonds. The number of sulfonamides is 1. The van der Waals surface area contributed by atoms with Crippen molar-refractivity contribution in [3.63, 3.8) is 0 Å². The van der Waals surface area contributed by atoms with Crippen LogP contribution in [0, 0.1) is 19.3 Å². The molecule has 0 bridgehead atoms. The lowest BCUT2D eigenvalue weighted by atomic mass is 10.1. The van der Waals surface area contributed by atoms with E-state index in [0.29, 0.717) is 18.5 Å². The Kier molecular flexibility index (Phi) is 6.21. The van der Waals surface area contributed by atoms with Gasteiger partial charge in [0, 0.05) is 17.6 Å². The zero-order valence-corrected chi connectivity index (χ0v) is 14.1. The lowest BCUT2D eigenvalue weighted by Crippen LogP contribution is -2.32. The zero-order valence-electron chi connectivity index (χ0n) is 11.7. The van der Waals surface area contributed by atoms with Crippen LogP contribution >= 0.6 is 15.9 Å². The smallest absolute Gasteiger partial charge is 0.244 e. The van der Waals surface area contributed by atoms with E-state index in [0.717, 1.165) is 10.0 Å². The van der Waals surface area contributed by atoms with Gasteiger partial charge in [0.15, 0.2) is 0 Å². The van der Waals surface area contributed by atoms with E-state index >= 15 is 0 Å². The monoisotopic (exact) mass is 358 g/mol. The van der Waals surface area contributed by atoms with Gasteiger partial charge in [-0.3, -0.25) is 0 Å². The number of hydrogen-bond acceptors (Lipinski definition) is 3. The SMILES string of the molecule is C#CCN(CCC)S(=O)(=O)c1cc(CN)cc(Br)c1C. The van der Waals surface area contributed by atoms with Gasteiger partial charge >= 0.3 is 0 Å². The van der Waals surface area contributed by atoms with Gasteiger partial charge in [0.2, 0.25) is 10.0 Å². The van der Waals surface area contributed by atoms with E-state index in [2.05, 4.69) is 21.9 Å². The molecule has 2 N–H and O–H groups in total. The summed E-state index contributed by atoms with van der Waals surface area (Å²) >= 11 is 3.38. The molecule has 4 nitrogen and oxygen atoms in total. The van der Waals surface area contributed by atoms with Crippen LogP contribution in [0.3, 0.4) is 0 Å². The van der Waals surface area contributed by atoms with Crippen molar-refractivity contribution >= 4 is 26.0 Å². The molecule has 0 aliphatic rings. The number of terminal acetylenes is 1. The molecule has 0 aliphatic carbocycles. The first-order valence-electron chi connectivity index (χ1n) is 6.31. The van der Waals surface area contributed by atoms with Crippen LogP contribution in [0.4, 0.5) is 0 Å². The van der Waals surface area contributed by atoms with Gasteiger partial charge in [-0.2, -0.15) is 4.31 Å². The maximum atomic E-state index is 12.7. The van der Waals surface area contributed by atoms with Crippen LogP contribution in [0.2, 0.25) is 0 Å². The molecule has 0 radical (unpaired) electrons. The van der Waals surface area contributed by atoms with Gasteiger partial charge in [-0.1, -0.05) is 28.8 Å². The molecule has 0 spiro atoms. The molecular formula is C14H19BrN2O2S. The fourth-order valence-electron chi connectivity index (χ4n) is 1.87. The minimum Gasteiger partial charge on any atom is -0.326 e. The Bertz CT molecular complexity index is 621. The van der Waals surface area contributed by atoms with Crippen molar-refractivity contribution in [3.8, 4) is 12.3 Å². The van der Waals surface area contributed by atoms with Crippen molar-refractivity contribution in [1.29, 1.82) is 0 Å². The average Bonchev–Trinajstić information content (AvgIpc) is 2.41. The Labute approximate surface area is 129 Å². The second kappa shape index (κ2) is 7.23. The second-order valence-corrected chi connectivity index (χ2v) is 7.21. The van der Waals surface area contributed by atoms with Crippen LogP contribution < -0.4 is 5.73 Å². The summed E-state index contributed by atoms with van der Waals surface area (Å²) < 4.78 is 27.5.